The van der Waals surface area contributed by atoms with Crippen LogP contribution in [0.15, 0.2) is 42.6 Å². The maximum atomic E-state index is 13.0. The van der Waals surface area contributed by atoms with Crippen molar-refractivity contribution in [3.63, 3.8) is 0 Å². The number of benzene rings is 1. The summed E-state index contributed by atoms with van der Waals surface area (Å²) < 4.78 is 3.54. The number of amides is 1. The quantitative estimate of drug-likeness (QED) is 0.750. The first-order valence-electron chi connectivity index (χ1n) is 9.71. The van der Waals surface area contributed by atoms with E-state index >= 15 is 0 Å². The Balaban J connectivity index is 1.35. The van der Waals surface area contributed by atoms with Crippen LogP contribution in [0.1, 0.15) is 47.2 Å². The van der Waals surface area contributed by atoms with Crippen LogP contribution in [0.2, 0.25) is 0 Å². The first kappa shape index (κ1) is 17.1. The lowest BCUT2D eigenvalue weighted by Crippen LogP contribution is -2.31. The number of fused-ring (bicyclic) bond motifs is 1. The minimum absolute atomic E-state index is 0.138. The van der Waals surface area contributed by atoms with E-state index in [1.807, 2.05) is 41.1 Å². The molecule has 1 saturated carbocycles. The molecule has 0 saturated heterocycles. The molecule has 3 aromatic rings. The molecule has 2 aromatic heterocycles. The maximum Gasteiger partial charge on any atom is 0.276 e. The number of para-hydroxylation sites is 1. The standard InChI is InChI=1S/C20H22N6O2/c27-19(14-7-8-14)17-11-16-12-24(9-4-10-25(16)22-17)20(28)18-13-26(23-21-18)15-5-2-1-3-6-15/h1-3,5-6,11,13-14,19,27H,4,7-10,12H2. The average Bonchev–Trinajstić information content (AvgIpc) is 3.38. The summed E-state index contributed by atoms with van der Waals surface area (Å²) in [6, 6.07) is 11.5. The Morgan fingerprint density at radius 2 is 2.00 bits per heavy atom. The molecule has 1 amide bonds. The minimum atomic E-state index is -0.491. The third-order valence-electron chi connectivity index (χ3n) is 5.43. The molecule has 0 radical (unpaired) electrons. The van der Waals surface area contributed by atoms with Crippen LogP contribution in [-0.2, 0) is 13.1 Å². The van der Waals surface area contributed by atoms with E-state index in [1.165, 1.54) is 0 Å². The van der Waals surface area contributed by atoms with Crippen molar-refractivity contribution < 1.29 is 9.90 Å². The summed E-state index contributed by atoms with van der Waals surface area (Å²) in [6.07, 6.45) is 4.11. The van der Waals surface area contributed by atoms with Gasteiger partial charge in [-0.25, -0.2) is 4.68 Å². The molecular weight excluding hydrogens is 356 g/mol. The van der Waals surface area contributed by atoms with Crippen molar-refractivity contribution in [2.45, 2.75) is 38.5 Å². The highest BCUT2D eigenvalue weighted by atomic mass is 16.3. The van der Waals surface area contributed by atoms with Gasteiger partial charge in [-0.05, 0) is 43.4 Å². The predicted octanol–water partition coefficient (Wildman–Crippen LogP) is 1.95. The Hall–Kier alpha value is -3.00. The second-order valence-electron chi connectivity index (χ2n) is 7.53. The summed E-state index contributed by atoms with van der Waals surface area (Å²) in [4.78, 5) is 14.8. The molecule has 1 aliphatic heterocycles. The van der Waals surface area contributed by atoms with E-state index in [1.54, 1.807) is 15.8 Å². The summed E-state index contributed by atoms with van der Waals surface area (Å²) in [5.74, 6) is 0.200. The second-order valence-corrected chi connectivity index (χ2v) is 7.53. The zero-order valence-corrected chi connectivity index (χ0v) is 15.5. The monoisotopic (exact) mass is 378 g/mol. The van der Waals surface area contributed by atoms with Gasteiger partial charge in [0.25, 0.3) is 5.91 Å². The third-order valence-corrected chi connectivity index (χ3v) is 5.43. The van der Waals surface area contributed by atoms with Gasteiger partial charge in [0.2, 0.25) is 0 Å². The molecule has 1 aromatic carbocycles. The van der Waals surface area contributed by atoms with Crippen LogP contribution in [0.4, 0.5) is 0 Å². The van der Waals surface area contributed by atoms with Crippen molar-refractivity contribution >= 4 is 5.91 Å². The molecule has 5 rings (SSSR count). The van der Waals surface area contributed by atoms with Gasteiger partial charge in [0.15, 0.2) is 5.69 Å². The van der Waals surface area contributed by atoms with Crippen LogP contribution in [0, 0.1) is 5.92 Å². The van der Waals surface area contributed by atoms with E-state index in [2.05, 4.69) is 15.4 Å². The van der Waals surface area contributed by atoms with Crippen molar-refractivity contribution in [2.75, 3.05) is 6.54 Å². The molecule has 0 spiro atoms. The average molecular weight is 378 g/mol. The summed E-state index contributed by atoms with van der Waals surface area (Å²) in [7, 11) is 0. The normalized spacial score (nSPS) is 17.8. The van der Waals surface area contributed by atoms with Gasteiger partial charge in [0, 0.05) is 13.1 Å². The molecule has 144 valence electrons. The number of carbonyl (C=O) groups excluding carboxylic acids is 1. The van der Waals surface area contributed by atoms with Gasteiger partial charge < -0.3 is 10.0 Å². The summed E-state index contributed by atoms with van der Waals surface area (Å²) in [5.41, 5.74) is 2.87. The van der Waals surface area contributed by atoms with E-state index < -0.39 is 6.10 Å². The number of rotatable bonds is 4. The Labute approximate surface area is 162 Å². The maximum absolute atomic E-state index is 13.0. The lowest BCUT2D eigenvalue weighted by atomic mass is 10.1. The Bertz CT molecular complexity index is 991. The Morgan fingerprint density at radius 3 is 2.79 bits per heavy atom. The van der Waals surface area contributed by atoms with Crippen LogP contribution < -0.4 is 0 Å². The molecule has 8 heteroatoms. The third kappa shape index (κ3) is 3.20. The van der Waals surface area contributed by atoms with Crippen LogP contribution >= 0.6 is 0 Å². The molecule has 1 atom stereocenters. The molecule has 1 unspecified atom stereocenters. The van der Waals surface area contributed by atoms with Crippen molar-refractivity contribution in [1.29, 1.82) is 0 Å². The number of carbonyl (C=O) groups is 1. The lowest BCUT2D eigenvalue weighted by molar-refractivity contribution is 0.0739. The lowest BCUT2D eigenvalue weighted by Gasteiger charge is -2.18. The van der Waals surface area contributed by atoms with Crippen LogP contribution in [0.5, 0.6) is 0 Å². The van der Waals surface area contributed by atoms with Gasteiger partial charge in [0.05, 0.1) is 29.8 Å². The fraction of sp³-hybridized carbons (Fsp3) is 0.400. The van der Waals surface area contributed by atoms with Crippen LogP contribution in [0.25, 0.3) is 5.69 Å². The highest BCUT2D eigenvalue weighted by molar-refractivity contribution is 5.92. The fourth-order valence-electron chi connectivity index (χ4n) is 3.69. The number of aliphatic hydroxyl groups excluding tert-OH is 1. The molecule has 1 aliphatic carbocycles. The fourth-order valence-corrected chi connectivity index (χ4v) is 3.69. The number of aromatic nitrogens is 5. The Kier molecular flexibility index (Phi) is 4.20. The summed E-state index contributed by atoms with van der Waals surface area (Å²) in [6.45, 7) is 1.84. The van der Waals surface area contributed by atoms with Gasteiger partial charge in [-0.1, -0.05) is 23.4 Å². The van der Waals surface area contributed by atoms with Gasteiger partial charge in [-0.15, -0.1) is 5.10 Å². The van der Waals surface area contributed by atoms with E-state index in [9.17, 15) is 9.90 Å². The number of hydrogen-bond donors (Lipinski definition) is 1. The zero-order chi connectivity index (χ0) is 19.1. The van der Waals surface area contributed by atoms with Crippen LogP contribution in [0.3, 0.4) is 0 Å². The highest BCUT2D eigenvalue weighted by Crippen LogP contribution is 2.40. The molecule has 0 bridgehead atoms. The minimum Gasteiger partial charge on any atom is -0.386 e. The molecule has 28 heavy (non-hydrogen) atoms. The largest absolute Gasteiger partial charge is 0.386 e. The topological polar surface area (TPSA) is 89.1 Å². The first-order chi connectivity index (χ1) is 13.7. The van der Waals surface area contributed by atoms with Gasteiger partial charge in [-0.2, -0.15) is 5.10 Å². The molecule has 2 aliphatic rings. The molecular formula is C20H22N6O2. The number of aryl methyl sites for hydroxylation is 1. The zero-order valence-electron chi connectivity index (χ0n) is 15.5. The van der Waals surface area contributed by atoms with E-state index in [0.717, 1.165) is 42.9 Å². The SMILES string of the molecule is O=C(c1cn(-c2ccccc2)nn1)N1CCCn2nc(C(O)C3CC3)cc2C1. The first-order valence-corrected chi connectivity index (χ1v) is 9.71. The summed E-state index contributed by atoms with van der Waals surface area (Å²) >= 11 is 0. The van der Waals surface area contributed by atoms with Gasteiger partial charge >= 0.3 is 0 Å². The van der Waals surface area contributed by atoms with E-state index in [0.29, 0.717) is 24.7 Å². The van der Waals surface area contributed by atoms with E-state index in [-0.39, 0.29) is 5.91 Å². The van der Waals surface area contributed by atoms with E-state index in [4.69, 9.17) is 0 Å². The van der Waals surface area contributed by atoms with Crippen molar-refractivity contribution in [3.05, 3.63) is 59.7 Å². The Morgan fingerprint density at radius 1 is 1.18 bits per heavy atom. The van der Waals surface area contributed by atoms with Crippen molar-refractivity contribution in [3.8, 4) is 5.69 Å². The van der Waals surface area contributed by atoms with Crippen molar-refractivity contribution in [2.24, 2.45) is 5.92 Å². The van der Waals surface area contributed by atoms with Gasteiger partial charge in [0.1, 0.15) is 6.10 Å². The summed E-state index contributed by atoms with van der Waals surface area (Å²) in [5, 5.41) is 23.1. The highest BCUT2D eigenvalue weighted by Gasteiger charge is 2.33. The van der Waals surface area contributed by atoms with Crippen LogP contribution in [-0.4, -0.2) is 47.2 Å². The van der Waals surface area contributed by atoms with Gasteiger partial charge in [-0.3, -0.25) is 9.48 Å². The molecule has 8 nitrogen and oxygen atoms in total. The predicted molar refractivity (Wildman–Crippen MR) is 101 cm³/mol. The van der Waals surface area contributed by atoms with Crippen molar-refractivity contribution in [1.82, 2.24) is 29.7 Å². The number of aliphatic hydroxyl groups is 1. The number of nitrogens with zero attached hydrogens (tertiary/aromatic N) is 6. The molecule has 1 N–H and O–H groups in total. The smallest absolute Gasteiger partial charge is 0.276 e. The second kappa shape index (κ2) is 6.87. The molecule has 3 heterocycles. The molecule has 1 fully saturated rings. The number of hydrogen-bond acceptors (Lipinski definition) is 5.